The molecule has 8 heteroatoms. The zero-order valence-electron chi connectivity index (χ0n) is 24.2. The number of ketones is 1. The fraction of sp³-hybridized carbons (Fsp3) is 0.216. The summed E-state index contributed by atoms with van der Waals surface area (Å²) in [4.78, 5) is 66.4. The molecule has 0 unspecified atom stereocenters. The third-order valence-corrected chi connectivity index (χ3v) is 9.31. The number of benzene rings is 4. The average Bonchev–Trinajstić information content (AvgIpc) is 3.75. The van der Waals surface area contributed by atoms with Gasteiger partial charge in [-0.3, -0.25) is 19.3 Å². The molecule has 1 heterocycles. The third kappa shape index (κ3) is 5.22. The molecule has 8 nitrogen and oxygen atoms in total. The highest BCUT2D eigenvalue weighted by Gasteiger charge is 2.64. The lowest BCUT2D eigenvalue weighted by Crippen LogP contribution is -2.33. The SMILES string of the molecule is O=C(COC(=O)c1cccc(N2C(=O)[C@@H]3[C@@H]4C[C@@H]([C@@H]3C2=O)[C@@H](c2ccccc2)C4)c1)c1ccc(OC(=O)c2ccccc2)cc1. The van der Waals surface area contributed by atoms with E-state index in [1.165, 1.54) is 46.9 Å². The topological polar surface area (TPSA) is 107 Å². The van der Waals surface area contributed by atoms with E-state index >= 15 is 0 Å². The largest absolute Gasteiger partial charge is 0.454 e. The first-order chi connectivity index (χ1) is 21.9. The Balaban J connectivity index is 0.985. The van der Waals surface area contributed by atoms with Crippen molar-refractivity contribution in [3.05, 3.63) is 131 Å². The van der Waals surface area contributed by atoms with Crippen molar-refractivity contribution in [3.63, 3.8) is 0 Å². The third-order valence-electron chi connectivity index (χ3n) is 9.31. The van der Waals surface area contributed by atoms with E-state index in [0.29, 0.717) is 11.3 Å². The first-order valence-corrected chi connectivity index (χ1v) is 15.0. The fourth-order valence-electron chi connectivity index (χ4n) is 7.32. The Kier molecular flexibility index (Phi) is 7.33. The van der Waals surface area contributed by atoms with Crippen LogP contribution in [0.3, 0.4) is 0 Å². The molecular formula is C37H29NO7. The summed E-state index contributed by atoms with van der Waals surface area (Å²) in [6.45, 7) is -0.512. The van der Waals surface area contributed by atoms with Crippen molar-refractivity contribution in [2.75, 3.05) is 11.5 Å². The number of carbonyl (C=O) groups is 5. The maximum Gasteiger partial charge on any atom is 0.343 e. The van der Waals surface area contributed by atoms with Crippen LogP contribution in [0.4, 0.5) is 5.69 Å². The minimum Gasteiger partial charge on any atom is -0.454 e. The van der Waals surface area contributed by atoms with Gasteiger partial charge in [-0.05, 0) is 90.8 Å². The molecule has 7 rings (SSSR count). The lowest BCUT2D eigenvalue weighted by Gasteiger charge is -2.28. The van der Waals surface area contributed by atoms with E-state index in [1.54, 1.807) is 42.5 Å². The number of anilines is 1. The van der Waals surface area contributed by atoms with Crippen molar-refractivity contribution in [2.45, 2.75) is 18.8 Å². The number of Topliss-reactive ketones (excluding diaryl/α,β-unsaturated/α-hetero) is 1. The van der Waals surface area contributed by atoms with E-state index in [-0.39, 0.29) is 58.3 Å². The van der Waals surface area contributed by atoms with Crippen LogP contribution in [0, 0.1) is 23.7 Å². The molecule has 3 aliphatic rings. The van der Waals surface area contributed by atoms with Gasteiger partial charge in [0, 0.05) is 5.56 Å². The molecule has 2 saturated carbocycles. The summed E-state index contributed by atoms with van der Waals surface area (Å²) in [7, 11) is 0. The van der Waals surface area contributed by atoms with E-state index in [0.717, 1.165) is 12.8 Å². The van der Waals surface area contributed by atoms with Crippen molar-refractivity contribution in [1.82, 2.24) is 0 Å². The molecule has 0 N–H and O–H groups in total. The van der Waals surface area contributed by atoms with Gasteiger partial charge in [-0.1, -0.05) is 54.6 Å². The Morgan fingerprint density at radius 3 is 2.07 bits per heavy atom. The number of ether oxygens (including phenoxy) is 2. The summed E-state index contributed by atoms with van der Waals surface area (Å²) < 4.78 is 10.6. The molecule has 0 radical (unpaired) electrons. The fourth-order valence-corrected chi connectivity index (χ4v) is 7.32. The highest BCUT2D eigenvalue weighted by Crippen LogP contribution is 2.61. The van der Waals surface area contributed by atoms with Crippen LogP contribution in [0.25, 0.3) is 0 Å². The smallest absolute Gasteiger partial charge is 0.343 e. The van der Waals surface area contributed by atoms with Crippen LogP contribution in [0.1, 0.15) is 55.4 Å². The normalized spacial score (nSPS) is 23.1. The van der Waals surface area contributed by atoms with Crippen molar-refractivity contribution in [2.24, 2.45) is 23.7 Å². The molecule has 2 amide bonds. The molecule has 2 aliphatic carbocycles. The van der Waals surface area contributed by atoms with Gasteiger partial charge >= 0.3 is 11.9 Å². The molecule has 4 aromatic carbocycles. The molecule has 0 spiro atoms. The van der Waals surface area contributed by atoms with Crippen molar-refractivity contribution < 1.29 is 33.4 Å². The molecule has 3 fully saturated rings. The number of fused-ring (bicyclic) bond motifs is 5. The van der Waals surface area contributed by atoms with Gasteiger partial charge in [0.2, 0.25) is 11.8 Å². The standard InChI is InChI=1S/C37H29NO7/c39-31(23-14-16-28(17-15-23)45-37(43)24-10-5-2-6-11-24)21-44-36(42)25-12-7-13-27(18-25)38-34(40)32-26-19-29(22-8-3-1-4-9-22)30(20-26)33(32)35(38)41/h1-18,26,29-30,32-33H,19-21H2/t26-,29+,30+,32+,33-/m0/s1. The number of esters is 2. The number of rotatable bonds is 8. The summed E-state index contributed by atoms with van der Waals surface area (Å²) in [6, 6.07) is 30.9. The number of imide groups is 1. The molecule has 2 bridgehead atoms. The zero-order chi connectivity index (χ0) is 31.1. The molecule has 45 heavy (non-hydrogen) atoms. The minimum atomic E-state index is -0.748. The molecular weight excluding hydrogens is 570 g/mol. The van der Waals surface area contributed by atoms with E-state index in [9.17, 15) is 24.0 Å². The lowest BCUT2D eigenvalue weighted by atomic mass is 9.73. The van der Waals surface area contributed by atoms with Crippen molar-refractivity contribution >= 4 is 35.2 Å². The van der Waals surface area contributed by atoms with Crippen molar-refractivity contribution in [1.29, 1.82) is 0 Å². The number of amides is 2. The predicted molar refractivity (Wildman–Crippen MR) is 164 cm³/mol. The predicted octanol–water partition coefficient (Wildman–Crippen LogP) is 5.87. The number of carbonyl (C=O) groups excluding carboxylic acids is 5. The van der Waals surface area contributed by atoms with Gasteiger partial charge in [0.15, 0.2) is 12.4 Å². The monoisotopic (exact) mass is 599 g/mol. The van der Waals surface area contributed by atoms with E-state index in [4.69, 9.17) is 9.47 Å². The van der Waals surface area contributed by atoms with E-state index in [1.807, 2.05) is 18.2 Å². The number of nitrogens with zero attached hydrogens (tertiary/aromatic N) is 1. The van der Waals surface area contributed by atoms with Gasteiger partial charge in [0.05, 0.1) is 28.7 Å². The second kappa shape index (κ2) is 11.6. The van der Waals surface area contributed by atoms with Crippen molar-refractivity contribution in [3.8, 4) is 5.75 Å². The maximum atomic E-state index is 13.7. The molecule has 5 atom stereocenters. The summed E-state index contributed by atoms with van der Waals surface area (Å²) in [5, 5.41) is 0. The lowest BCUT2D eigenvalue weighted by molar-refractivity contribution is -0.123. The van der Waals surface area contributed by atoms with Crippen LogP contribution in [-0.2, 0) is 14.3 Å². The Morgan fingerprint density at radius 1 is 0.667 bits per heavy atom. The van der Waals surface area contributed by atoms with Crippen LogP contribution < -0.4 is 9.64 Å². The second-order valence-corrected chi connectivity index (χ2v) is 11.8. The Hall–Kier alpha value is -5.37. The van der Waals surface area contributed by atoms with Crippen LogP contribution in [0.5, 0.6) is 5.75 Å². The van der Waals surface area contributed by atoms with Gasteiger partial charge in [-0.2, -0.15) is 0 Å². The quantitative estimate of drug-likeness (QED) is 0.108. The minimum absolute atomic E-state index is 0.119. The van der Waals surface area contributed by atoms with Crippen LogP contribution in [0.15, 0.2) is 109 Å². The summed E-state index contributed by atoms with van der Waals surface area (Å²) in [5.74, 6) is -2.00. The summed E-state index contributed by atoms with van der Waals surface area (Å²) >= 11 is 0. The average molecular weight is 600 g/mol. The first kappa shape index (κ1) is 28.4. The van der Waals surface area contributed by atoms with Crippen LogP contribution >= 0.6 is 0 Å². The molecule has 4 aromatic rings. The van der Waals surface area contributed by atoms with Gasteiger partial charge in [-0.25, -0.2) is 9.59 Å². The Labute approximate surface area is 259 Å². The highest BCUT2D eigenvalue weighted by molar-refractivity contribution is 6.23. The molecule has 0 aromatic heterocycles. The van der Waals surface area contributed by atoms with E-state index in [2.05, 4.69) is 12.1 Å². The summed E-state index contributed by atoms with van der Waals surface area (Å²) in [5.41, 5.74) is 2.35. The number of hydrogen-bond donors (Lipinski definition) is 0. The highest BCUT2D eigenvalue weighted by atomic mass is 16.5. The second-order valence-electron chi connectivity index (χ2n) is 11.8. The zero-order valence-corrected chi connectivity index (χ0v) is 24.2. The van der Waals surface area contributed by atoms with E-state index < -0.39 is 24.3 Å². The van der Waals surface area contributed by atoms with Gasteiger partial charge in [0.1, 0.15) is 5.75 Å². The number of hydrogen-bond acceptors (Lipinski definition) is 7. The molecule has 1 saturated heterocycles. The maximum absolute atomic E-state index is 13.7. The summed E-state index contributed by atoms with van der Waals surface area (Å²) in [6.07, 6.45) is 1.77. The van der Waals surface area contributed by atoms with Crippen LogP contribution in [0.2, 0.25) is 0 Å². The molecule has 224 valence electrons. The Morgan fingerprint density at radius 2 is 1.33 bits per heavy atom. The first-order valence-electron chi connectivity index (χ1n) is 15.0. The molecule has 1 aliphatic heterocycles. The van der Waals surface area contributed by atoms with Gasteiger partial charge < -0.3 is 9.47 Å². The van der Waals surface area contributed by atoms with Gasteiger partial charge in [0.25, 0.3) is 0 Å². The Bertz CT molecular complexity index is 1800. The van der Waals surface area contributed by atoms with Crippen LogP contribution in [-0.4, -0.2) is 36.1 Å². The van der Waals surface area contributed by atoms with Gasteiger partial charge in [-0.15, -0.1) is 0 Å².